The molecule has 0 radical (unpaired) electrons. The van der Waals surface area contributed by atoms with Gasteiger partial charge in [-0.1, -0.05) is 17.7 Å². The summed E-state index contributed by atoms with van der Waals surface area (Å²) in [4.78, 5) is 10.4. The van der Waals surface area contributed by atoms with Crippen molar-refractivity contribution in [3.05, 3.63) is 33.3 Å². The van der Waals surface area contributed by atoms with Crippen LogP contribution < -0.4 is 5.32 Å². The zero-order chi connectivity index (χ0) is 12.8. The van der Waals surface area contributed by atoms with Crippen LogP contribution in [0.25, 0.3) is 0 Å². The number of hydrogen-bond donors (Lipinski definition) is 1. The van der Waals surface area contributed by atoms with Crippen LogP contribution in [-0.4, -0.2) is 24.7 Å². The van der Waals surface area contributed by atoms with Crippen LogP contribution in [0.15, 0.2) is 18.2 Å². The molecule has 0 spiro atoms. The molecule has 0 aliphatic heterocycles. The number of rotatable bonds is 6. The average molecular weight is 259 g/mol. The largest absolute Gasteiger partial charge is 0.385 e. The molecule has 1 atom stereocenters. The fourth-order valence-electron chi connectivity index (χ4n) is 1.45. The Bertz CT molecular complexity index is 398. The standard InChI is InChI=1S/C11H15ClN2O3/c1-8(6-7-17-2)13-10-5-3-4-9(12)11(10)14(15)16/h3-5,8,13H,6-7H2,1-2H3. The number of nitrogens with one attached hydrogen (secondary N) is 1. The number of anilines is 1. The lowest BCUT2D eigenvalue weighted by atomic mass is 10.2. The Kier molecular flexibility index (Phi) is 5.18. The van der Waals surface area contributed by atoms with E-state index in [4.69, 9.17) is 16.3 Å². The number of nitro benzene ring substituents is 1. The Morgan fingerprint density at radius 1 is 1.59 bits per heavy atom. The highest BCUT2D eigenvalue weighted by molar-refractivity contribution is 6.33. The van der Waals surface area contributed by atoms with E-state index in [9.17, 15) is 10.1 Å². The smallest absolute Gasteiger partial charge is 0.310 e. The molecule has 0 saturated carbocycles. The van der Waals surface area contributed by atoms with Gasteiger partial charge in [0.25, 0.3) is 0 Å². The quantitative estimate of drug-likeness (QED) is 0.629. The number of ether oxygens (including phenoxy) is 1. The van der Waals surface area contributed by atoms with Crippen LogP contribution in [0.4, 0.5) is 11.4 Å². The number of halogens is 1. The first-order chi connectivity index (χ1) is 8.06. The number of nitrogens with zero attached hydrogens (tertiary/aromatic N) is 1. The first-order valence-electron chi connectivity index (χ1n) is 5.24. The molecule has 0 aliphatic rings. The third-order valence-electron chi connectivity index (χ3n) is 2.33. The Hall–Kier alpha value is -1.33. The van der Waals surface area contributed by atoms with Gasteiger partial charge in [-0.25, -0.2) is 0 Å². The Morgan fingerprint density at radius 2 is 2.29 bits per heavy atom. The summed E-state index contributed by atoms with van der Waals surface area (Å²) in [5.41, 5.74) is 0.351. The molecule has 0 saturated heterocycles. The van der Waals surface area contributed by atoms with E-state index in [2.05, 4.69) is 5.32 Å². The normalized spacial score (nSPS) is 12.2. The molecule has 6 heteroatoms. The minimum atomic E-state index is -0.478. The highest BCUT2D eigenvalue weighted by Gasteiger charge is 2.19. The van der Waals surface area contributed by atoms with Gasteiger partial charge in [-0.2, -0.15) is 0 Å². The summed E-state index contributed by atoms with van der Waals surface area (Å²) >= 11 is 5.81. The van der Waals surface area contributed by atoms with Crippen molar-refractivity contribution in [2.45, 2.75) is 19.4 Å². The van der Waals surface area contributed by atoms with E-state index >= 15 is 0 Å². The molecule has 0 amide bonds. The summed E-state index contributed by atoms with van der Waals surface area (Å²) in [6.07, 6.45) is 0.764. The second kappa shape index (κ2) is 6.42. The van der Waals surface area contributed by atoms with Crippen LogP contribution in [-0.2, 0) is 4.74 Å². The Labute approximate surface area is 105 Å². The van der Waals surface area contributed by atoms with Crippen molar-refractivity contribution in [3.63, 3.8) is 0 Å². The fraction of sp³-hybridized carbons (Fsp3) is 0.455. The van der Waals surface area contributed by atoms with Crippen molar-refractivity contribution < 1.29 is 9.66 Å². The van der Waals surface area contributed by atoms with Crippen molar-refractivity contribution in [1.82, 2.24) is 0 Å². The minimum absolute atomic E-state index is 0.0760. The molecule has 0 aromatic heterocycles. The lowest BCUT2D eigenvalue weighted by molar-refractivity contribution is -0.383. The lowest BCUT2D eigenvalue weighted by Crippen LogP contribution is -2.18. The van der Waals surface area contributed by atoms with Gasteiger partial charge in [-0.15, -0.1) is 0 Å². The molecule has 1 unspecified atom stereocenters. The summed E-state index contributed by atoms with van der Waals surface area (Å²) in [6.45, 7) is 2.53. The van der Waals surface area contributed by atoms with Crippen molar-refractivity contribution >= 4 is 23.0 Å². The summed E-state index contributed by atoms with van der Waals surface area (Å²) in [5.74, 6) is 0. The maximum Gasteiger partial charge on any atom is 0.310 e. The average Bonchev–Trinajstić information content (AvgIpc) is 2.25. The number of nitro groups is 1. The van der Waals surface area contributed by atoms with Crippen molar-refractivity contribution in [2.24, 2.45) is 0 Å². The Balaban J connectivity index is 2.83. The summed E-state index contributed by atoms with van der Waals surface area (Å²) < 4.78 is 4.95. The van der Waals surface area contributed by atoms with E-state index in [1.54, 1.807) is 19.2 Å². The van der Waals surface area contributed by atoms with Gasteiger partial charge in [0, 0.05) is 19.8 Å². The fourth-order valence-corrected chi connectivity index (χ4v) is 1.69. The van der Waals surface area contributed by atoms with Crippen molar-refractivity contribution in [1.29, 1.82) is 0 Å². The predicted molar refractivity (Wildman–Crippen MR) is 67.7 cm³/mol. The number of hydrogen-bond acceptors (Lipinski definition) is 4. The monoisotopic (exact) mass is 258 g/mol. The highest BCUT2D eigenvalue weighted by Crippen LogP contribution is 2.32. The molecular weight excluding hydrogens is 244 g/mol. The minimum Gasteiger partial charge on any atom is -0.385 e. The third-order valence-corrected chi connectivity index (χ3v) is 2.63. The van der Waals surface area contributed by atoms with Crippen LogP contribution in [0.2, 0.25) is 5.02 Å². The van der Waals surface area contributed by atoms with Crippen LogP contribution in [0.1, 0.15) is 13.3 Å². The van der Waals surface area contributed by atoms with Gasteiger partial charge in [0.2, 0.25) is 0 Å². The Morgan fingerprint density at radius 3 is 2.88 bits per heavy atom. The van der Waals surface area contributed by atoms with E-state index in [1.807, 2.05) is 6.92 Å². The van der Waals surface area contributed by atoms with E-state index in [-0.39, 0.29) is 16.8 Å². The molecular formula is C11H15ClN2O3. The zero-order valence-electron chi connectivity index (χ0n) is 9.77. The maximum atomic E-state index is 10.9. The van der Waals surface area contributed by atoms with E-state index < -0.39 is 4.92 Å². The molecule has 0 heterocycles. The third kappa shape index (κ3) is 3.87. The van der Waals surface area contributed by atoms with Gasteiger partial charge >= 0.3 is 5.69 Å². The van der Waals surface area contributed by atoms with Crippen molar-refractivity contribution in [3.8, 4) is 0 Å². The highest BCUT2D eigenvalue weighted by atomic mass is 35.5. The molecule has 5 nitrogen and oxygen atoms in total. The van der Waals surface area contributed by atoms with Gasteiger partial charge in [0.15, 0.2) is 0 Å². The molecule has 0 aliphatic carbocycles. The lowest BCUT2D eigenvalue weighted by Gasteiger charge is -2.15. The maximum absolute atomic E-state index is 10.9. The van der Waals surface area contributed by atoms with Gasteiger partial charge < -0.3 is 10.1 Å². The second-order valence-corrected chi connectivity index (χ2v) is 4.13. The van der Waals surface area contributed by atoms with Gasteiger partial charge in [0.1, 0.15) is 10.7 Å². The van der Waals surface area contributed by atoms with Crippen LogP contribution in [0.3, 0.4) is 0 Å². The molecule has 1 N–H and O–H groups in total. The SMILES string of the molecule is COCCC(C)Nc1cccc(Cl)c1[N+](=O)[O-]. The molecule has 1 aromatic rings. The summed E-state index contributed by atoms with van der Waals surface area (Å²) in [5, 5.41) is 14.1. The topological polar surface area (TPSA) is 64.4 Å². The summed E-state index contributed by atoms with van der Waals surface area (Å²) in [7, 11) is 1.62. The number of methoxy groups -OCH3 is 1. The molecule has 94 valence electrons. The van der Waals surface area contributed by atoms with Crippen LogP contribution >= 0.6 is 11.6 Å². The molecule has 1 aromatic carbocycles. The van der Waals surface area contributed by atoms with Gasteiger partial charge in [0.05, 0.1) is 4.92 Å². The first kappa shape index (κ1) is 13.7. The van der Waals surface area contributed by atoms with Crippen LogP contribution in [0.5, 0.6) is 0 Å². The van der Waals surface area contributed by atoms with E-state index in [0.717, 1.165) is 6.42 Å². The zero-order valence-corrected chi connectivity index (χ0v) is 10.5. The number of para-hydroxylation sites is 1. The predicted octanol–water partition coefficient (Wildman–Crippen LogP) is 3.09. The first-order valence-corrected chi connectivity index (χ1v) is 5.62. The van der Waals surface area contributed by atoms with Crippen molar-refractivity contribution in [2.75, 3.05) is 19.0 Å². The molecule has 0 bridgehead atoms. The molecule has 1 rings (SSSR count). The van der Waals surface area contributed by atoms with Gasteiger partial charge in [-0.3, -0.25) is 10.1 Å². The van der Waals surface area contributed by atoms with Gasteiger partial charge in [-0.05, 0) is 25.5 Å². The van der Waals surface area contributed by atoms with E-state index in [0.29, 0.717) is 12.3 Å². The number of benzene rings is 1. The molecule has 0 fully saturated rings. The second-order valence-electron chi connectivity index (χ2n) is 3.72. The summed E-state index contributed by atoms with van der Waals surface area (Å²) in [6, 6.07) is 4.91. The van der Waals surface area contributed by atoms with E-state index in [1.165, 1.54) is 6.07 Å². The molecule has 17 heavy (non-hydrogen) atoms. The van der Waals surface area contributed by atoms with Crippen LogP contribution in [0, 0.1) is 10.1 Å².